The molecule has 1 aliphatic heterocycles. The highest BCUT2D eigenvalue weighted by molar-refractivity contribution is 6.13. The maximum absolute atomic E-state index is 13.4. The van der Waals surface area contributed by atoms with Crippen molar-refractivity contribution in [1.82, 2.24) is 5.32 Å². The summed E-state index contributed by atoms with van der Waals surface area (Å²) in [4.78, 5) is 33.1. The van der Waals surface area contributed by atoms with E-state index in [9.17, 15) is 14.7 Å². The standard InChI is InChI=1S/C28H35N3O3/c1-3-4-14-25(32)22(17-20-15-16-20)27(33)30-26-28(34)31(2)24-13-9-8-12-21(24)23(29-26)18-19-10-6-5-7-11-19/h5-13,20,22,25-26,32H,3-4,14-18H2,1-2H3,(H,30,33)/t22-,25+,26?/m1/s1. The zero-order chi connectivity index (χ0) is 24.1. The molecule has 1 fully saturated rings. The van der Waals surface area contributed by atoms with Crippen LogP contribution in [-0.4, -0.2) is 41.9 Å². The van der Waals surface area contributed by atoms with Gasteiger partial charge < -0.3 is 15.3 Å². The summed E-state index contributed by atoms with van der Waals surface area (Å²) in [7, 11) is 1.72. The predicted molar refractivity (Wildman–Crippen MR) is 135 cm³/mol. The molecule has 6 heteroatoms. The highest BCUT2D eigenvalue weighted by Crippen LogP contribution is 2.37. The molecule has 4 rings (SSSR count). The van der Waals surface area contributed by atoms with Crippen LogP contribution in [0, 0.1) is 11.8 Å². The molecule has 0 aromatic heterocycles. The first-order valence-corrected chi connectivity index (χ1v) is 12.4. The number of carbonyl (C=O) groups excluding carboxylic acids is 2. The van der Waals surface area contributed by atoms with E-state index in [0.29, 0.717) is 25.2 Å². The van der Waals surface area contributed by atoms with Crippen molar-refractivity contribution < 1.29 is 14.7 Å². The third kappa shape index (κ3) is 5.73. The first-order valence-electron chi connectivity index (χ1n) is 12.4. The van der Waals surface area contributed by atoms with Crippen LogP contribution >= 0.6 is 0 Å². The van der Waals surface area contributed by atoms with Crippen LogP contribution in [-0.2, 0) is 16.0 Å². The Morgan fingerprint density at radius 1 is 1.15 bits per heavy atom. The van der Waals surface area contributed by atoms with Gasteiger partial charge >= 0.3 is 0 Å². The molecule has 2 amide bonds. The molecule has 0 radical (unpaired) electrons. The minimum Gasteiger partial charge on any atom is -0.392 e. The van der Waals surface area contributed by atoms with E-state index >= 15 is 0 Å². The fraction of sp³-hybridized carbons (Fsp3) is 0.464. The third-order valence-corrected chi connectivity index (χ3v) is 6.86. The number of para-hydroxylation sites is 1. The number of carbonyl (C=O) groups is 2. The second-order valence-electron chi connectivity index (χ2n) is 9.56. The lowest BCUT2D eigenvalue weighted by Gasteiger charge is -2.25. The van der Waals surface area contributed by atoms with Gasteiger partial charge in [-0.1, -0.05) is 81.1 Å². The lowest BCUT2D eigenvalue weighted by Crippen LogP contribution is -2.49. The average molecular weight is 462 g/mol. The van der Waals surface area contributed by atoms with E-state index in [-0.39, 0.29) is 11.8 Å². The molecule has 0 spiro atoms. The summed E-state index contributed by atoms with van der Waals surface area (Å²) < 4.78 is 0. The molecule has 1 aliphatic carbocycles. The Morgan fingerprint density at radius 2 is 1.85 bits per heavy atom. The zero-order valence-corrected chi connectivity index (χ0v) is 20.1. The minimum absolute atomic E-state index is 0.280. The molecular weight excluding hydrogens is 426 g/mol. The Morgan fingerprint density at radius 3 is 2.56 bits per heavy atom. The van der Waals surface area contributed by atoms with Gasteiger partial charge in [-0.05, 0) is 30.4 Å². The smallest absolute Gasteiger partial charge is 0.272 e. The normalized spacial score (nSPS) is 19.6. The summed E-state index contributed by atoms with van der Waals surface area (Å²) in [6, 6.07) is 17.7. The first kappa shape index (κ1) is 24.1. The van der Waals surface area contributed by atoms with Crippen LogP contribution in [0.15, 0.2) is 59.6 Å². The number of aliphatic imine (C=N–C) groups is 1. The second-order valence-corrected chi connectivity index (χ2v) is 9.56. The predicted octanol–water partition coefficient (Wildman–Crippen LogP) is 4.10. The summed E-state index contributed by atoms with van der Waals surface area (Å²) in [5.41, 5.74) is 3.50. The van der Waals surface area contributed by atoms with Gasteiger partial charge in [0.1, 0.15) is 0 Å². The molecule has 3 atom stereocenters. The Kier molecular flexibility index (Phi) is 7.78. The van der Waals surface area contributed by atoms with Crippen molar-refractivity contribution in [1.29, 1.82) is 0 Å². The molecule has 1 saturated carbocycles. The van der Waals surface area contributed by atoms with Crippen LogP contribution in [0.3, 0.4) is 0 Å². The lowest BCUT2D eigenvalue weighted by atomic mass is 9.91. The summed E-state index contributed by atoms with van der Waals surface area (Å²) in [6.07, 6.45) is 4.11. The van der Waals surface area contributed by atoms with Gasteiger partial charge in [0.2, 0.25) is 12.1 Å². The Hall–Kier alpha value is -2.99. The van der Waals surface area contributed by atoms with E-state index in [1.165, 1.54) is 0 Å². The SMILES string of the molecule is CCCC[C@H](O)[C@@H](CC1CC1)C(=O)NC1N=C(Cc2ccccc2)c2ccccc2N(C)C1=O. The molecule has 2 N–H and O–H groups in total. The van der Waals surface area contributed by atoms with E-state index in [1.54, 1.807) is 11.9 Å². The lowest BCUT2D eigenvalue weighted by molar-refractivity contribution is -0.133. The van der Waals surface area contributed by atoms with E-state index < -0.39 is 18.2 Å². The van der Waals surface area contributed by atoms with Crippen LogP contribution in [0.1, 0.15) is 56.6 Å². The van der Waals surface area contributed by atoms with Crippen molar-refractivity contribution in [3.8, 4) is 0 Å². The van der Waals surface area contributed by atoms with E-state index in [1.807, 2.05) is 54.6 Å². The third-order valence-electron chi connectivity index (χ3n) is 6.86. The van der Waals surface area contributed by atoms with Crippen molar-refractivity contribution in [2.75, 3.05) is 11.9 Å². The van der Waals surface area contributed by atoms with E-state index in [0.717, 1.165) is 48.2 Å². The van der Waals surface area contributed by atoms with Gasteiger partial charge in [0.05, 0.1) is 23.4 Å². The van der Waals surface area contributed by atoms with Gasteiger partial charge in [-0.25, -0.2) is 0 Å². The quantitative estimate of drug-likeness (QED) is 0.559. The number of anilines is 1. The Bertz CT molecular complexity index is 1030. The molecule has 0 saturated heterocycles. The second kappa shape index (κ2) is 11.0. The van der Waals surface area contributed by atoms with Crippen LogP contribution in [0.5, 0.6) is 0 Å². The fourth-order valence-corrected chi connectivity index (χ4v) is 4.62. The number of aliphatic hydroxyl groups is 1. The van der Waals surface area contributed by atoms with Gasteiger partial charge in [0.15, 0.2) is 0 Å². The molecule has 2 aromatic carbocycles. The largest absolute Gasteiger partial charge is 0.392 e. The number of benzene rings is 2. The maximum Gasteiger partial charge on any atom is 0.272 e. The van der Waals surface area contributed by atoms with Crippen LogP contribution in [0.4, 0.5) is 5.69 Å². The molecule has 34 heavy (non-hydrogen) atoms. The van der Waals surface area contributed by atoms with Gasteiger partial charge in [0.25, 0.3) is 5.91 Å². The Labute approximate surface area is 202 Å². The number of likely N-dealkylation sites (N-methyl/N-ethyl adjacent to an activating group) is 1. The maximum atomic E-state index is 13.4. The number of nitrogens with one attached hydrogen (secondary N) is 1. The molecule has 6 nitrogen and oxygen atoms in total. The average Bonchev–Trinajstić information content (AvgIpc) is 3.69. The number of aliphatic hydroxyl groups excluding tert-OH is 1. The number of fused-ring (bicyclic) bond motifs is 1. The number of unbranched alkanes of at least 4 members (excludes halogenated alkanes) is 1. The van der Waals surface area contributed by atoms with Crippen molar-refractivity contribution in [2.45, 2.75) is 64.1 Å². The van der Waals surface area contributed by atoms with E-state index in [4.69, 9.17) is 4.99 Å². The minimum atomic E-state index is -1.02. The number of amides is 2. The summed E-state index contributed by atoms with van der Waals surface area (Å²) in [6.45, 7) is 2.07. The van der Waals surface area contributed by atoms with Gasteiger partial charge in [-0.15, -0.1) is 0 Å². The molecule has 2 aromatic rings. The Balaban J connectivity index is 1.62. The topological polar surface area (TPSA) is 82.0 Å². The zero-order valence-electron chi connectivity index (χ0n) is 20.1. The van der Waals surface area contributed by atoms with Gasteiger partial charge in [-0.2, -0.15) is 0 Å². The highest BCUT2D eigenvalue weighted by Gasteiger charge is 2.37. The van der Waals surface area contributed by atoms with Crippen LogP contribution in [0.25, 0.3) is 0 Å². The van der Waals surface area contributed by atoms with E-state index in [2.05, 4.69) is 12.2 Å². The molecule has 2 aliphatic rings. The number of benzodiazepines with no additional fused rings is 1. The van der Waals surface area contributed by atoms with Crippen molar-refractivity contribution in [3.05, 3.63) is 65.7 Å². The first-order chi connectivity index (χ1) is 16.5. The molecule has 1 heterocycles. The molecule has 0 bridgehead atoms. The van der Waals surface area contributed by atoms with Crippen LogP contribution in [0.2, 0.25) is 0 Å². The molecule has 1 unspecified atom stereocenters. The van der Waals surface area contributed by atoms with Gasteiger partial charge in [0, 0.05) is 19.0 Å². The monoisotopic (exact) mass is 461 g/mol. The number of hydrogen-bond acceptors (Lipinski definition) is 4. The van der Waals surface area contributed by atoms with Crippen molar-refractivity contribution in [3.63, 3.8) is 0 Å². The number of rotatable bonds is 10. The van der Waals surface area contributed by atoms with Crippen molar-refractivity contribution >= 4 is 23.2 Å². The summed E-state index contributed by atoms with van der Waals surface area (Å²) in [5.74, 6) is -0.593. The van der Waals surface area contributed by atoms with Gasteiger partial charge in [-0.3, -0.25) is 14.6 Å². The van der Waals surface area contributed by atoms with Crippen molar-refractivity contribution in [2.24, 2.45) is 16.8 Å². The highest BCUT2D eigenvalue weighted by atomic mass is 16.3. The number of nitrogens with zero attached hydrogens (tertiary/aromatic N) is 2. The summed E-state index contributed by atoms with van der Waals surface area (Å²) >= 11 is 0. The fourth-order valence-electron chi connectivity index (χ4n) is 4.62. The summed E-state index contributed by atoms with van der Waals surface area (Å²) in [5, 5.41) is 13.7. The molecular formula is C28H35N3O3. The number of hydrogen-bond donors (Lipinski definition) is 2. The molecule has 180 valence electrons. The van der Waals surface area contributed by atoms with Crippen LogP contribution < -0.4 is 10.2 Å².